The highest BCUT2D eigenvalue weighted by Crippen LogP contribution is 2.30. The number of oxazole rings is 1. The molecule has 0 aliphatic rings. The molecule has 0 saturated heterocycles. The minimum Gasteiger partial charge on any atom is -0.431 e. The molecule has 1 unspecified atom stereocenters. The number of halogens is 1. The van der Waals surface area contributed by atoms with Crippen LogP contribution in [0.3, 0.4) is 0 Å². The summed E-state index contributed by atoms with van der Waals surface area (Å²) in [6.45, 7) is 1.78. The molecule has 0 bridgehead atoms. The molecule has 0 amide bonds. The maximum atomic E-state index is 12.5. The Bertz CT molecular complexity index is 1090. The largest absolute Gasteiger partial charge is 0.431 e. The van der Waals surface area contributed by atoms with Crippen LogP contribution in [0, 0.1) is 0 Å². The van der Waals surface area contributed by atoms with Crippen LogP contribution in [0.5, 0.6) is 0 Å². The van der Waals surface area contributed by atoms with E-state index in [1.54, 1.807) is 25.1 Å². The van der Waals surface area contributed by atoms with Gasteiger partial charge in [0.15, 0.2) is 11.4 Å². The topological polar surface area (TPSA) is 80.5 Å². The van der Waals surface area contributed by atoms with Crippen LogP contribution < -0.4 is 0 Å². The van der Waals surface area contributed by atoms with Gasteiger partial charge in [-0.2, -0.15) is 0 Å². The van der Waals surface area contributed by atoms with E-state index in [1.807, 2.05) is 12.1 Å². The van der Waals surface area contributed by atoms with Crippen LogP contribution in [-0.2, 0) is 10.0 Å². The summed E-state index contributed by atoms with van der Waals surface area (Å²) in [6.07, 6.45) is 0. The van der Waals surface area contributed by atoms with Gasteiger partial charge in [-0.25, -0.2) is 17.7 Å². The number of sulfonamides is 1. The number of hydrogen-bond donors (Lipinski definition) is 0. The molecule has 6 nitrogen and oxygen atoms in total. The predicted octanol–water partition coefficient (Wildman–Crippen LogP) is 4.20. The Labute approximate surface area is 170 Å². The number of nitrogens with zero attached hydrogens (tertiary/aromatic N) is 2. The van der Waals surface area contributed by atoms with Crippen molar-refractivity contribution in [2.45, 2.75) is 22.3 Å². The zero-order chi connectivity index (χ0) is 19.8. The van der Waals surface area contributed by atoms with Crippen molar-refractivity contribution in [2.24, 2.45) is 0 Å². The average molecular weight is 469 g/mol. The van der Waals surface area contributed by atoms with Gasteiger partial charge in [0, 0.05) is 24.1 Å². The minimum atomic E-state index is -3.55. The van der Waals surface area contributed by atoms with Gasteiger partial charge < -0.3 is 4.42 Å². The van der Waals surface area contributed by atoms with Crippen LogP contribution >= 0.6 is 27.7 Å². The second-order valence-electron chi connectivity index (χ2n) is 6.03. The Morgan fingerprint density at radius 1 is 1.19 bits per heavy atom. The molecule has 0 fully saturated rings. The van der Waals surface area contributed by atoms with E-state index < -0.39 is 15.3 Å². The van der Waals surface area contributed by atoms with E-state index in [2.05, 4.69) is 20.9 Å². The molecule has 9 heteroatoms. The molecule has 2 aromatic carbocycles. The standard InChI is InChI=1S/C18H17BrN2O4S2/c1-11(17(22)12-4-6-13(19)7-5-12)26-18-20-15-10-14(8-9-16(15)25-18)27(23,24)21(2)3/h4-11H,1-3H3. The van der Waals surface area contributed by atoms with Gasteiger partial charge in [-0.05, 0) is 37.3 Å². The molecular weight excluding hydrogens is 452 g/mol. The lowest BCUT2D eigenvalue weighted by molar-refractivity contribution is 0.0993. The summed E-state index contributed by atoms with van der Waals surface area (Å²) in [5.74, 6) is -0.0365. The van der Waals surface area contributed by atoms with E-state index in [4.69, 9.17) is 4.42 Å². The Hall–Kier alpha value is -1.68. The van der Waals surface area contributed by atoms with Crippen molar-refractivity contribution >= 4 is 54.6 Å². The fourth-order valence-electron chi connectivity index (χ4n) is 2.36. The lowest BCUT2D eigenvalue weighted by atomic mass is 10.1. The van der Waals surface area contributed by atoms with Crippen molar-refractivity contribution in [3.63, 3.8) is 0 Å². The minimum absolute atomic E-state index is 0.0365. The number of Topliss-reactive ketones (excluding diaryl/α,β-unsaturated/α-hetero) is 1. The van der Waals surface area contributed by atoms with Crippen LogP contribution in [0.1, 0.15) is 17.3 Å². The van der Waals surface area contributed by atoms with Gasteiger partial charge in [0.05, 0.1) is 10.1 Å². The normalized spacial score (nSPS) is 13.2. The quantitative estimate of drug-likeness (QED) is 0.398. The molecule has 3 rings (SSSR count). The summed E-state index contributed by atoms with van der Waals surface area (Å²) in [6, 6.07) is 11.7. The fraction of sp³-hybridized carbons (Fsp3) is 0.222. The molecule has 0 N–H and O–H groups in total. The number of aromatic nitrogens is 1. The first kappa shape index (κ1) is 20.1. The lowest BCUT2D eigenvalue weighted by Crippen LogP contribution is -2.22. The van der Waals surface area contributed by atoms with E-state index >= 15 is 0 Å². The Morgan fingerprint density at radius 3 is 2.48 bits per heavy atom. The van der Waals surface area contributed by atoms with Crippen molar-refractivity contribution in [3.8, 4) is 0 Å². The number of carbonyl (C=O) groups is 1. The van der Waals surface area contributed by atoms with Crippen molar-refractivity contribution in [2.75, 3.05) is 14.1 Å². The summed E-state index contributed by atoms with van der Waals surface area (Å²) in [5, 5.41) is -0.0772. The first-order valence-corrected chi connectivity index (χ1v) is 11.1. The van der Waals surface area contributed by atoms with Crippen molar-refractivity contribution in [1.82, 2.24) is 9.29 Å². The molecule has 0 aliphatic carbocycles. The Balaban J connectivity index is 1.83. The zero-order valence-corrected chi connectivity index (χ0v) is 18.1. The summed E-state index contributed by atoms with van der Waals surface area (Å²) in [7, 11) is -0.606. The summed E-state index contributed by atoms with van der Waals surface area (Å²) >= 11 is 4.54. The van der Waals surface area contributed by atoms with E-state index in [1.165, 1.54) is 38.0 Å². The van der Waals surface area contributed by atoms with Gasteiger partial charge >= 0.3 is 0 Å². The molecule has 27 heavy (non-hydrogen) atoms. The average Bonchev–Trinajstić information content (AvgIpc) is 3.02. The predicted molar refractivity (Wildman–Crippen MR) is 109 cm³/mol. The maximum absolute atomic E-state index is 12.5. The van der Waals surface area contributed by atoms with Crippen LogP contribution in [0.25, 0.3) is 11.1 Å². The molecule has 1 aromatic heterocycles. The molecule has 142 valence electrons. The second-order valence-corrected chi connectivity index (χ2v) is 10.4. The Kier molecular flexibility index (Phi) is 5.76. The molecule has 0 aliphatic heterocycles. The van der Waals surface area contributed by atoms with E-state index in [-0.39, 0.29) is 10.7 Å². The van der Waals surface area contributed by atoms with Crippen LogP contribution in [0.15, 0.2) is 61.5 Å². The summed E-state index contributed by atoms with van der Waals surface area (Å²) in [4.78, 5) is 17.0. The molecule has 1 heterocycles. The highest BCUT2D eigenvalue weighted by atomic mass is 79.9. The van der Waals surface area contributed by atoms with Crippen LogP contribution in [0.2, 0.25) is 0 Å². The second kappa shape index (κ2) is 7.75. The summed E-state index contributed by atoms with van der Waals surface area (Å²) < 4.78 is 32.2. The third kappa shape index (κ3) is 4.26. The number of hydrogen-bond acceptors (Lipinski definition) is 6. The SMILES string of the molecule is CC(Sc1nc2cc(S(=O)(=O)N(C)C)ccc2o1)C(=O)c1ccc(Br)cc1. The molecule has 0 radical (unpaired) electrons. The van der Waals surface area contributed by atoms with Crippen LogP contribution in [-0.4, -0.2) is 42.8 Å². The number of benzene rings is 2. The number of ketones is 1. The molecule has 0 spiro atoms. The monoisotopic (exact) mass is 468 g/mol. The summed E-state index contributed by atoms with van der Waals surface area (Å²) in [5.41, 5.74) is 1.51. The Morgan fingerprint density at radius 2 is 1.85 bits per heavy atom. The number of thioether (sulfide) groups is 1. The van der Waals surface area contributed by atoms with Crippen molar-refractivity contribution < 1.29 is 17.6 Å². The molecule has 0 saturated carbocycles. The van der Waals surface area contributed by atoms with Gasteiger partial charge in [0.2, 0.25) is 10.0 Å². The highest BCUT2D eigenvalue weighted by molar-refractivity contribution is 9.10. The highest BCUT2D eigenvalue weighted by Gasteiger charge is 2.21. The molecule has 3 aromatic rings. The van der Waals surface area contributed by atoms with Crippen LogP contribution in [0.4, 0.5) is 0 Å². The van der Waals surface area contributed by atoms with Gasteiger partial charge in [0.25, 0.3) is 5.22 Å². The lowest BCUT2D eigenvalue weighted by Gasteiger charge is -2.10. The van der Waals surface area contributed by atoms with Gasteiger partial charge in [-0.1, -0.05) is 39.8 Å². The molecular formula is C18H17BrN2O4S2. The van der Waals surface area contributed by atoms with Gasteiger partial charge in [0.1, 0.15) is 5.52 Å². The number of rotatable bonds is 6. The first-order valence-electron chi connectivity index (χ1n) is 7.98. The number of fused-ring (bicyclic) bond motifs is 1. The van der Waals surface area contributed by atoms with E-state index in [0.717, 1.165) is 8.78 Å². The van der Waals surface area contributed by atoms with Gasteiger partial charge in [-0.15, -0.1) is 0 Å². The first-order chi connectivity index (χ1) is 12.7. The zero-order valence-electron chi connectivity index (χ0n) is 14.8. The van der Waals surface area contributed by atoms with Crippen molar-refractivity contribution in [1.29, 1.82) is 0 Å². The third-order valence-corrected chi connectivity index (χ3v) is 7.18. The third-order valence-electron chi connectivity index (χ3n) is 3.89. The smallest absolute Gasteiger partial charge is 0.257 e. The van der Waals surface area contributed by atoms with Crippen molar-refractivity contribution in [3.05, 3.63) is 52.5 Å². The fourth-order valence-corrected chi connectivity index (χ4v) is 4.38. The molecule has 1 atom stereocenters. The van der Waals surface area contributed by atoms with Gasteiger partial charge in [-0.3, -0.25) is 4.79 Å². The maximum Gasteiger partial charge on any atom is 0.257 e. The number of carbonyl (C=O) groups excluding carboxylic acids is 1. The van der Waals surface area contributed by atoms with E-state index in [0.29, 0.717) is 21.9 Å². The van der Waals surface area contributed by atoms with E-state index in [9.17, 15) is 13.2 Å².